The van der Waals surface area contributed by atoms with Crippen LogP contribution in [0.4, 0.5) is 25.1 Å². The van der Waals surface area contributed by atoms with E-state index in [2.05, 4.69) is 20.7 Å². The molecule has 0 unspecified atom stereocenters. The lowest BCUT2D eigenvalue weighted by Gasteiger charge is -2.25. The van der Waals surface area contributed by atoms with E-state index < -0.39 is 29.8 Å². The second-order valence-corrected chi connectivity index (χ2v) is 8.14. The van der Waals surface area contributed by atoms with E-state index in [-0.39, 0.29) is 46.8 Å². The summed E-state index contributed by atoms with van der Waals surface area (Å²) >= 11 is 6.17. The number of nitrogens with one attached hydrogen (secondary N) is 2. The van der Waals surface area contributed by atoms with Crippen LogP contribution in [-0.4, -0.2) is 50.2 Å². The Labute approximate surface area is 185 Å². The lowest BCUT2D eigenvalue weighted by Crippen LogP contribution is -2.32. The maximum atomic E-state index is 14.4. The second-order valence-electron chi connectivity index (χ2n) is 7.78. The first-order valence-corrected chi connectivity index (χ1v) is 10.2. The Kier molecular flexibility index (Phi) is 4.94. The lowest BCUT2D eigenvalue weighted by atomic mass is 10.0. The highest BCUT2D eigenvalue weighted by molar-refractivity contribution is 6.33. The van der Waals surface area contributed by atoms with Crippen molar-refractivity contribution in [1.29, 1.82) is 0 Å². The summed E-state index contributed by atoms with van der Waals surface area (Å²) in [6.07, 6.45) is 1.45. The number of benzene rings is 1. The van der Waals surface area contributed by atoms with E-state index in [1.165, 1.54) is 4.52 Å². The Morgan fingerprint density at radius 3 is 2.81 bits per heavy atom. The first-order valence-electron chi connectivity index (χ1n) is 9.84. The molecule has 166 valence electrons. The van der Waals surface area contributed by atoms with Crippen LogP contribution in [-0.2, 0) is 4.79 Å². The van der Waals surface area contributed by atoms with E-state index in [0.717, 1.165) is 18.2 Å². The number of hydrogen-bond donors (Lipinski definition) is 3. The number of carbonyl (C=O) groups is 2. The number of aliphatic hydroxyl groups is 1. The van der Waals surface area contributed by atoms with Crippen LogP contribution < -0.4 is 15.5 Å². The number of rotatable bonds is 4. The van der Waals surface area contributed by atoms with Gasteiger partial charge in [-0.15, -0.1) is 0 Å². The van der Waals surface area contributed by atoms with Crippen LogP contribution in [0.25, 0.3) is 5.65 Å². The SMILES string of the molecule is O=C1C[C@H](c2cc(F)ccc2F)N(c2ccn3nc(Cl)c(NC(=O)N[C@@H]4C[C@H]4O)c3n2)C1. The molecule has 1 aromatic carbocycles. The highest BCUT2D eigenvalue weighted by Gasteiger charge is 2.37. The standard InChI is InChI=1S/C20H17ClF2N6O3/c21-18-17(26-20(32)24-13-7-15(13)31)19-25-16(3-4-29(19)27-18)28-8-10(30)6-14(28)11-5-9(22)1-2-12(11)23/h1-5,13-15,31H,6-8H2,(H2,24,26,32)/t13-,14-,15-/m1/s1. The summed E-state index contributed by atoms with van der Waals surface area (Å²) < 4.78 is 29.5. The fourth-order valence-electron chi connectivity index (χ4n) is 3.79. The summed E-state index contributed by atoms with van der Waals surface area (Å²) in [6.45, 7) is -0.0333. The van der Waals surface area contributed by atoms with E-state index >= 15 is 0 Å². The number of aromatic nitrogens is 3. The van der Waals surface area contributed by atoms with Crippen molar-refractivity contribution in [3.63, 3.8) is 0 Å². The van der Waals surface area contributed by atoms with Crippen LogP contribution in [0, 0.1) is 11.6 Å². The molecule has 0 spiro atoms. The molecule has 1 saturated carbocycles. The van der Waals surface area contributed by atoms with Crippen LogP contribution in [0.5, 0.6) is 0 Å². The molecule has 2 aromatic heterocycles. The molecule has 3 aromatic rings. The van der Waals surface area contributed by atoms with E-state index in [0.29, 0.717) is 12.2 Å². The number of anilines is 2. The van der Waals surface area contributed by atoms with Crippen molar-refractivity contribution in [2.75, 3.05) is 16.8 Å². The fraction of sp³-hybridized carbons (Fsp3) is 0.300. The monoisotopic (exact) mass is 462 g/mol. The van der Waals surface area contributed by atoms with Gasteiger partial charge in [-0.25, -0.2) is 23.1 Å². The molecule has 3 N–H and O–H groups in total. The number of urea groups is 1. The summed E-state index contributed by atoms with van der Waals surface area (Å²) in [5, 5.41) is 18.6. The smallest absolute Gasteiger partial charge is 0.319 e. The predicted molar refractivity (Wildman–Crippen MR) is 111 cm³/mol. The summed E-state index contributed by atoms with van der Waals surface area (Å²) in [5.41, 5.74) is 0.404. The third-order valence-electron chi connectivity index (χ3n) is 5.49. The minimum atomic E-state index is -0.734. The molecule has 0 radical (unpaired) electrons. The number of halogens is 3. The average Bonchev–Trinajstić information content (AvgIpc) is 3.15. The average molecular weight is 463 g/mol. The van der Waals surface area contributed by atoms with E-state index in [1.54, 1.807) is 17.2 Å². The molecule has 1 aliphatic carbocycles. The number of hydrogen-bond acceptors (Lipinski definition) is 6. The molecule has 2 fully saturated rings. The number of amides is 2. The lowest BCUT2D eigenvalue weighted by molar-refractivity contribution is -0.116. The molecule has 12 heteroatoms. The molecular weight excluding hydrogens is 446 g/mol. The highest BCUT2D eigenvalue weighted by Crippen LogP contribution is 2.36. The number of aliphatic hydroxyl groups excluding tert-OH is 1. The van der Waals surface area contributed by atoms with Crippen molar-refractivity contribution in [3.05, 3.63) is 52.8 Å². The summed E-state index contributed by atoms with van der Waals surface area (Å²) in [4.78, 5) is 30.5. The first-order chi connectivity index (χ1) is 15.3. The van der Waals surface area contributed by atoms with Gasteiger partial charge in [-0.2, -0.15) is 5.10 Å². The molecule has 1 saturated heterocycles. The molecule has 32 heavy (non-hydrogen) atoms. The molecule has 5 rings (SSSR count). The molecule has 2 amide bonds. The Bertz CT molecular complexity index is 1250. The highest BCUT2D eigenvalue weighted by atomic mass is 35.5. The molecule has 9 nitrogen and oxygen atoms in total. The van der Waals surface area contributed by atoms with E-state index in [9.17, 15) is 23.5 Å². The minimum absolute atomic E-state index is 0.00444. The van der Waals surface area contributed by atoms with E-state index in [1.807, 2.05) is 0 Å². The summed E-state index contributed by atoms with van der Waals surface area (Å²) in [5.74, 6) is -1.06. The van der Waals surface area contributed by atoms with Crippen LogP contribution in [0.3, 0.4) is 0 Å². The number of ketones is 1. The Hall–Kier alpha value is -3.31. The van der Waals surface area contributed by atoms with Crippen molar-refractivity contribution in [2.45, 2.75) is 31.0 Å². The maximum Gasteiger partial charge on any atom is 0.319 e. The third kappa shape index (κ3) is 3.73. The summed E-state index contributed by atoms with van der Waals surface area (Å²) in [6, 6.07) is 3.05. The van der Waals surface area contributed by atoms with E-state index in [4.69, 9.17) is 11.6 Å². The van der Waals surface area contributed by atoms with Crippen molar-refractivity contribution < 1.29 is 23.5 Å². The van der Waals surface area contributed by atoms with Gasteiger partial charge in [-0.05, 0) is 30.7 Å². The second kappa shape index (κ2) is 7.68. The fourth-order valence-corrected chi connectivity index (χ4v) is 4.01. The van der Waals surface area contributed by atoms with Crippen LogP contribution in [0.1, 0.15) is 24.4 Å². The molecular formula is C20H17ClF2N6O3. The quantitative estimate of drug-likeness (QED) is 0.549. The minimum Gasteiger partial charge on any atom is -0.391 e. The first kappa shape index (κ1) is 20.6. The summed E-state index contributed by atoms with van der Waals surface area (Å²) in [7, 11) is 0. The van der Waals surface area contributed by atoms with Crippen molar-refractivity contribution >= 4 is 40.6 Å². The number of carbonyl (C=O) groups excluding carboxylic acids is 2. The zero-order chi connectivity index (χ0) is 22.6. The zero-order valence-corrected chi connectivity index (χ0v) is 17.2. The molecule has 1 aliphatic heterocycles. The van der Waals surface area contributed by atoms with Crippen molar-refractivity contribution in [1.82, 2.24) is 19.9 Å². The van der Waals surface area contributed by atoms with Gasteiger partial charge in [-0.3, -0.25) is 4.79 Å². The Morgan fingerprint density at radius 1 is 1.28 bits per heavy atom. The number of nitrogens with zero attached hydrogens (tertiary/aromatic N) is 4. The molecule has 0 bridgehead atoms. The number of fused-ring (bicyclic) bond motifs is 1. The van der Waals surface area contributed by atoms with Crippen LogP contribution >= 0.6 is 11.6 Å². The van der Waals surface area contributed by atoms with Gasteiger partial charge >= 0.3 is 6.03 Å². The van der Waals surface area contributed by atoms with Gasteiger partial charge in [-0.1, -0.05) is 11.6 Å². The van der Waals surface area contributed by atoms with Gasteiger partial charge in [0.15, 0.2) is 16.6 Å². The topological polar surface area (TPSA) is 112 Å². The normalized spacial score (nSPS) is 22.4. The maximum absolute atomic E-state index is 14.4. The largest absolute Gasteiger partial charge is 0.391 e. The zero-order valence-electron chi connectivity index (χ0n) is 16.4. The van der Waals surface area contributed by atoms with Gasteiger partial charge in [0.1, 0.15) is 23.1 Å². The Morgan fingerprint density at radius 2 is 2.06 bits per heavy atom. The van der Waals surface area contributed by atoms with Crippen LogP contribution in [0.2, 0.25) is 5.15 Å². The third-order valence-corrected chi connectivity index (χ3v) is 5.76. The van der Waals surface area contributed by atoms with Gasteiger partial charge in [0.05, 0.1) is 24.7 Å². The van der Waals surface area contributed by atoms with Crippen LogP contribution in [0.15, 0.2) is 30.5 Å². The van der Waals surface area contributed by atoms with Crippen molar-refractivity contribution in [2.24, 2.45) is 0 Å². The molecule has 3 heterocycles. The molecule has 2 aliphatic rings. The van der Waals surface area contributed by atoms with Gasteiger partial charge in [0, 0.05) is 18.2 Å². The van der Waals surface area contributed by atoms with Gasteiger partial charge < -0.3 is 20.6 Å². The van der Waals surface area contributed by atoms with Gasteiger partial charge in [0.2, 0.25) is 0 Å². The Balaban J connectivity index is 1.48. The van der Waals surface area contributed by atoms with Crippen molar-refractivity contribution in [3.8, 4) is 0 Å². The molecule has 3 atom stereocenters. The number of Topliss-reactive ketones (excluding diaryl/α,β-unsaturated/α-hetero) is 1. The predicted octanol–water partition coefficient (Wildman–Crippen LogP) is 2.44. The van der Waals surface area contributed by atoms with Gasteiger partial charge in [0.25, 0.3) is 0 Å².